The summed E-state index contributed by atoms with van der Waals surface area (Å²) in [5.41, 5.74) is 2.48. The van der Waals surface area contributed by atoms with Gasteiger partial charge in [-0.15, -0.1) is 0 Å². The number of amides is 1. The minimum absolute atomic E-state index is 0.0596. The van der Waals surface area contributed by atoms with Gasteiger partial charge in [0.15, 0.2) is 0 Å². The van der Waals surface area contributed by atoms with Crippen molar-refractivity contribution in [1.29, 1.82) is 0 Å². The number of aromatic nitrogens is 1. The van der Waals surface area contributed by atoms with Gasteiger partial charge in [0.05, 0.1) is 18.9 Å². The molecule has 1 aromatic carbocycles. The van der Waals surface area contributed by atoms with Gasteiger partial charge in [-0.05, 0) is 38.1 Å². The van der Waals surface area contributed by atoms with Crippen LogP contribution in [0.4, 0.5) is 10.1 Å². The predicted octanol–water partition coefficient (Wildman–Crippen LogP) is 2.69. The van der Waals surface area contributed by atoms with Crippen molar-refractivity contribution in [2.45, 2.75) is 26.8 Å². The van der Waals surface area contributed by atoms with Crippen LogP contribution >= 0.6 is 0 Å². The van der Waals surface area contributed by atoms with E-state index in [1.807, 2.05) is 13.8 Å². The van der Waals surface area contributed by atoms with Crippen LogP contribution in [-0.4, -0.2) is 48.8 Å². The number of anilines is 1. The van der Waals surface area contributed by atoms with Gasteiger partial charge in [0.25, 0.3) is 0 Å². The molecular weight excluding hydrogens is 349 g/mol. The Hall–Kier alpha value is -2.25. The minimum atomic E-state index is -0.302. The molecule has 2 fully saturated rings. The van der Waals surface area contributed by atoms with Crippen molar-refractivity contribution in [3.63, 3.8) is 0 Å². The number of aryl methyl sites for hydroxylation is 2. The topological polar surface area (TPSA) is 58.8 Å². The van der Waals surface area contributed by atoms with Crippen molar-refractivity contribution in [2.75, 3.05) is 37.7 Å². The first-order valence-electron chi connectivity index (χ1n) is 9.24. The summed E-state index contributed by atoms with van der Waals surface area (Å²) in [7, 11) is 0. The van der Waals surface area contributed by atoms with Gasteiger partial charge in [-0.3, -0.25) is 9.69 Å². The molecule has 2 aliphatic rings. The second-order valence-corrected chi connectivity index (χ2v) is 7.70. The lowest BCUT2D eigenvalue weighted by Gasteiger charge is -2.31. The Kier molecular flexibility index (Phi) is 4.74. The summed E-state index contributed by atoms with van der Waals surface area (Å²) in [6, 6.07) is 6.10. The summed E-state index contributed by atoms with van der Waals surface area (Å²) in [5, 5.41) is 4.04. The molecule has 6 nitrogen and oxygen atoms in total. The highest BCUT2D eigenvalue weighted by Gasteiger charge is 2.46. The predicted molar refractivity (Wildman–Crippen MR) is 97.9 cm³/mol. The Morgan fingerprint density at radius 1 is 1.22 bits per heavy atom. The van der Waals surface area contributed by atoms with Gasteiger partial charge in [-0.1, -0.05) is 5.16 Å². The van der Waals surface area contributed by atoms with Crippen molar-refractivity contribution in [3.8, 4) is 0 Å². The number of nitrogens with zero attached hydrogens (tertiary/aromatic N) is 3. The molecule has 1 aromatic heterocycles. The number of carbonyl (C=O) groups excluding carboxylic acids is 1. The zero-order chi connectivity index (χ0) is 19.0. The maximum atomic E-state index is 13.2. The minimum Gasteiger partial charge on any atom is -0.379 e. The lowest BCUT2D eigenvalue weighted by molar-refractivity contribution is -0.118. The van der Waals surface area contributed by atoms with Gasteiger partial charge in [-0.25, -0.2) is 4.39 Å². The molecule has 0 aliphatic carbocycles. The maximum absolute atomic E-state index is 13.2. The van der Waals surface area contributed by atoms with Gasteiger partial charge in [-0.2, -0.15) is 0 Å². The zero-order valence-corrected chi connectivity index (χ0v) is 15.7. The fraction of sp³-hybridized carbons (Fsp3) is 0.500. The van der Waals surface area contributed by atoms with E-state index < -0.39 is 0 Å². The molecule has 2 saturated heterocycles. The summed E-state index contributed by atoms with van der Waals surface area (Å²) in [6.07, 6.45) is 0.433. The van der Waals surface area contributed by atoms with E-state index in [1.165, 1.54) is 12.1 Å². The van der Waals surface area contributed by atoms with E-state index in [0.717, 1.165) is 42.3 Å². The molecule has 7 heteroatoms. The molecule has 0 bridgehead atoms. The second-order valence-electron chi connectivity index (χ2n) is 7.70. The van der Waals surface area contributed by atoms with Crippen LogP contribution in [0.3, 0.4) is 0 Å². The van der Waals surface area contributed by atoms with Crippen molar-refractivity contribution in [2.24, 2.45) is 5.41 Å². The fourth-order valence-electron chi connectivity index (χ4n) is 4.12. The molecule has 1 amide bonds. The molecule has 0 unspecified atom stereocenters. The average molecular weight is 373 g/mol. The molecule has 27 heavy (non-hydrogen) atoms. The second kappa shape index (κ2) is 7.05. The van der Waals surface area contributed by atoms with Crippen molar-refractivity contribution in [1.82, 2.24) is 10.1 Å². The monoisotopic (exact) mass is 373 g/mol. The summed E-state index contributed by atoms with van der Waals surface area (Å²) in [4.78, 5) is 16.8. The summed E-state index contributed by atoms with van der Waals surface area (Å²) in [5.74, 6) is 0.593. The van der Waals surface area contributed by atoms with Gasteiger partial charge >= 0.3 is 0 Å². The van der Waals surface area contributed by atoms with Crippen molar-refractivity contribution < 1.29 is 18.4 Å². The van der Waals surface area contributed by atoms with Crippen molar-refractivity contribution in [3.05, 3.63) is 47.1 Å². The number of hydrogen-bond donors (Lipinski definition) is 0. The van der Waals surface area contributed by atoms with Gasteiger partial charge in [0.2, 0.25) is 5.91 Å². The van der Waals surface area contributed by atoms with E-state index in [-0.39, 0.29) is 17.1 Å². The fourth-order valence-corrected chi connectivity index (χ4v) is 4.12. The molecular formula is C20H24FN3O3. The van der Waals surface area contributed by atoms with Gasteiger partial charge in [0.1, 0.15) is 11.6 Å². The molecule has 2 aromatic rings. The molecule has 144 valence electrons. The van der Waals surface area contributed by atoms with Crippen LogP contribution in [0.2, 0.25) is 0 Å². The van der Waals surface area contributed by atoms with Crippen LogP contribution in [0.15, 0.2) is 28.8 Å². The summed E-state index contributed by atoms with van der Waals surface area (Å²) in [6.45, 7) is 7.94. The van der Waals surface area contributed by atoms with E-state index in [1.54, 1.807) is 17.0 Å². The third-order valence-electron chi connectivity index (χ3n) is 5.54. The largest absolute Gasteiger partial charge is 0.379 e. The summed E-state index contributed by atoms with van der Waals surface area (Å²) < 4.78 is 24.4. The lowest BCUT2D eigenvalue weighted by Crippen LogP contribution is -2.40. The van der Waals surface area contributed by atoms with Crippen LogP contribution in [-0.2, 0) is 16.1 Å². The number of hydrogen-bond acceptors (Lipinski definition) is 5. The molecule has 1 spiro atoms. The van der Waals surface area contributed by atoms with Crippen LogP contribution in [0.25, 0.3) is 0 Å². The van der Waals surface area contributed by atoms with E-state index >= 15 is 0 Å². The quantitative estimate of drug-likeness (QED) is 0.828. The molecule has 3 heterocycles. The molecule has 0 N–H and O–H groups in total. The average Bonchev–Trinajstić information content (AvgIpc) is 3.04. The number of benzene rings is 1. The number of rotatable bonds is 3. The first-order chi connectivity index (χ1) is 13.0. The third kappa shape index (κ3) is 3.61. The van der Waals surface area contributed by atoms with E-state index in [0.29, 0.717) is 26.2 Å². The normalized spacial score (nSPS) is 24.0. The third-order valence-corrected chi connectivity index (χ3v) is 5.54. The Balaban J connectivity index is 1.53. The smallest absolute Gasteiger partial charge is 0.227 e. The van der Waals surface area contributed by atoms with Crippen LogP contribution in [0.5, 0.6) is 0 Å². The molecule has 2 aliphatic heterocycles. The summed E-state index contributed by atoms with van der Waals surface area (Å²) >= 11 is 0. The Morgan fingerprint density at radius 2 is 2.00 bits per heavy atom. The highest BCUT2D eigenvalue weighted by molar-refractivity contribution is 5.96. The molecule has 0 saturated carbocycles. The Labute approximate surface area is 157 Å². The molecule has 4 rings (SSSR count). The highest BCUT2D eigenvalue weighted by Crippen LogP contribution is 2.37. The van der Waals surface area contributed by atoms with Crippen LogP contribution in [0.1, 0.15) is 23.4 Å². The Bertz CT molecular complexity index is 816. The maximum Gasteiger partial charge on any atom is 0.227 e. The van der Waals surface area contributed by atoms with Gasteiger partial charge in [0, 0.05) is 49.3 Å². The first-order valence-corrected chi connectivity index (χ1v) is 9.24. The van der Waals surface area contributed by atoms with E-state index in [2.05, 4.69) is 10.1 Å². The zero-order valence-electron chi connectivity index (χ0n) is 15.7. The van der Waals surface area contributed by atoms with E-state index in [9.17, 15) is 9.18 Å². The highest BCUT2D eigenvalue weighted by atomic mass is 19.1. The number of halogens is 1. The lowest BCUT2D eigenvalue weighted by atomic mass is 9.87. The molecule has 1 atom stereocenters. The van der Waals surface area contributed by atoms with Gasteiger partial charge < -0.3 is 14.2 Å². The van der Waals surface area contributed by atoms with Crippen LogP contribution in [0, 0.1) is 25.1 Å². The SMILES string of the molecule is Cc1noc(C)c1CN1CCOC[C@@]2(CC(=O)N(c3ccc(F)cc3)C2)C1. The van der Waals surface area contributed by atoms with Crippen molar-refractivity contribution >= 4 is 11.6 Å². The standard InChI is InChI=1S/C20H24FN3O3/c1-14-18(15(2)27-22-14)10-23-7-8-26-13-20(11-23)9-19(25)24(12-20)17-5-3-16(21)4-6-17/h3-6H,7-13H2,1-2H3/t20-/m0/s1. The molecule has 0 radical (unpaired) electrons. The first kappa shape index (κ1) is 18.1. The Morgan fingerprint density at radius 3 is 2.70 bits per heavy atom. The number of ether oxygens (including phenoxy) is 1. The van der Waals surface area contributed by atoms with E-state index in [4.69, 9.17) is 9.26 Å². The van der Waals surface area contributed by atoms with Crippen LogP contribution < -0.4 is 4.90 Å². The number of carbonyl (C=O) groups is 1.